The lowest BCUT2D eigenvalue weighted by atomic mass is 9.98. The van der Waals surface area contributed by atoms with Crippen LogP contribution in [0.4, 0.5) is 4.79 Å². The third-order valence-corrected chi connectivity index (χ3v) is 5.96. The lowest BCUT2D eigenvalue weighted by Crippen LogP contribution is -2.50. The Balaban J connectivity index is 1.32. The van der Waals surface area contributed by atoms with Gasteiger partial charge in [-0.1, -0.05) is 67.6 Å². The minimum absolute atomic E-state index is 0.0714. The van der Waals surface area contributed by atoms with E-state index in [-0.39, 0.29) is 43.1 Å². The summed E-state index contributed by atoms with van der Waals surface area (Å²) in [5, 5.41) is 21.5. The number of ether oxygens (including phenoxy) is 1. The SMILES string of the molecule is CC(C)C(NC(=O)OCC1c2ccccc2-c2ccccc21)C(=O)NCCn1cc(C(=O)O)nn1. The summed E-state index contributed by atoms with van der Waals surface area (Å²) in [6.07, 6.45) is 0.617. The Labute approximate surface area is 202 Å². The van der Waals surface area contributed by atoms with Crippen molar-refractivity contribution in [3.63, 3.8) is 0 Å². The maximum atomic E-state index is 12.7. The number of carbonyl (C=O) groups is 3. The maximum absolute atomic E-state index is 12.7. The first-order valence-electron chi connectivity index (χ1n) is 11.4. The van der Waals surface area contributed by atoms with Gasteiger partial charge in [0.15, 0.2) is 5.69 Å². The fourth-order valence-electron chi connectivity index (χ4n) is 4.21. The largest absolute Gasteiger partial charge is 0.476 e. The Kier molecular flexibility index (Phi) is 7.09. The van der Waals surface area contributed by atoms with Gasteiger partial charge in [0.25, 0.3) is 0 Å². The maximum Gasteiger partial charge on any atom is 0.407 e. The lowest BCUT2D eigenvalue weighted by Gasteiger charge is -2.22. The van der Waals surface area contributed by atoms with E-state index in [4.69, 9.17) is 9.84 Å². The second kappa shape index (κ2) is 10.4. The Hall–Kier alpha value is -4.21. The van der Waals surface area contributed by atoms with E-state index in [0.29, 0.717) is 0 Å². The van der Waals surface area contributed by atoms with Crippen molar-refractivity contribution >= 4 is 18.0 Å². The third kappa shape index (κ3) is 5.32. The van der Waals surface area contributed by atoms with Crippen molar-refractivity contribution in [2.45, 2.75) is 32.4 Å². The molecule has 1 atom stereocenters. The van der Waals surface area contributed by atoms with Crippen molar-refractivity contribution in [2.75, 3.05) is 13.2 Å². The number of nitrogens with zero attached hydrogens (tertiary/aromatic N) is 3. The molecule has 3 aromatic rings. The summed E-state index contributed by atoms with van der Waals surface area (Å²) in [6, 6.07) is 15.3. The van der Waals surface area contributed by atoms with Crippen molar-refractivity contribution in [3.05, 3.63) is 71.5 Å². The number of carboxylic acid groups (broad SMARTS) is 1. The van der Waals surface area contributed by atoms with Gasteiger partial charge in [-0.25, -0.2) is 14.3 Å². The summed E-state index contributed by atoms with van der Waals surface area (Å²) < 4.78 is 6.89. The number of aromatic carboxylic acids is 1. The number of amides is 2. The van der Waals surface area contributed by atoms with Gasteiger partial charge in [-0.3, -0.25) is 4.79 Å². The highest BCUT2D eigenvalue weighted by Crippen LogP contribution is 2.44. The van der Waals surface area contributed by atoms with Crippen LogP contribution in [0, 0.1) is 5.92 Å². The first-order chi connectivity index (χ1) is 16.8. The van der Waals surface area contributed by atoms with E-state index in [1.807, 2.05) is 50.2 Å². The molecule has 1 aromatic heterocycles. The van der Waals surface area contributed by atoms with Gasteiger partial charge in [0.1, 0.15) is 12.6 Å². The van der Waals surface area contributed by atoms with E-state index in [2.05, 4.69) is 33.1 Å². The smallest absolute Gasteiger partial charge is 0.407 e. The van der Waals surface area contributed by atoms with Gasteiger partial charge in [-0.05, 0) is 28.2 Å². The molecule has 3 N–H and O–H groups in total. The molecule has 35 heavy (non-hydrogen) atoms. The Morgan fingerprint density at radius 1 is 1.06 bits per heavy atom. The predicted molar refractivity (Wildman–Crippen MR) is 127 cm³/mol. The van der Waals surface area contributed by atoms with Gasteiger partial charge in [0.05, 0.1) is 12.7 Å². The molecule has 1 aliphatic carbocycles. The molecule has 0 radical (unpaired) electrons. The van der Waals surface area contributed by atoms with Gasteiger partial charge in [-0.2, -0.15) is 0 Å². The second-order valence-corrected chi connectivity index (χ2v) is 8.65. The van der Waals surface area contributed by atoms with E-state index in [0.717, 1.165) is 22.3 Å². The van der Waals surface area contributed by atoms with Crippen LogP contribution in [0.3, 0.4) is 0 Å². The van der Waals surface area contributed by atoms with E-state index in [1.165, 1.54) is 10.9 Å². The number of carboxylic acids is 1. The van der Waals surface area contributed by atoms with Crippen molar-refractivity contribution in [3.8, 4) is 11.1 Å². The third-order valence-electron chi connectivity index (χ3n) is 5.96. The van der Waals surface area contributed by atoms with Gasteiger partial charge in [0, 0.05) is 12.5 Å². The molecule has 0 spiro atoms. The van der Waals surface area contributed by atoms with Crippen LogP contribution in [-0.2, 0) is 16.1 Å². The minimum atomic E-state index is -1.17. The van der Waals surface area contributed by atoms with Crippen molar-refractivity contribution in [1.29, 1.82) is 0 Å². The van der Waals surface area contributed by atoms with Crippen LogP contribution in [0.1, 0.15) is 41.4 Å². The zero-order valence-electron chi connectivity index (χ0n) is 19.5. The van der Waals surface area contributed by atoms with Crippen LogP contribution in [0.15, 0.2) is 54.7 Å². The highest BCUT2D eigenvalue weighted by molar-refractivity contribution is 5.86. The molecule has 2 aromatic carbocycles. The number of aromatic nitrogens is 3. The van der Waals surface area contributed by atoms with E-state index >= 15 is 0 Å². The normalized spacial score (nSPS) is 13.1. The first-order valence-corrected chi connectivity index (χ1v) is 11.4. The van der Waals surface area contributed by atoms with Crippen LogP contribution >= 0.6 is 0 Å². The zero-order chi connectivity index (χ0) is 24.9. The molecule has 1 unspecified atom stereocenters. The molecule has 1 heterocycles. The predicted octanol–water partition coefficient (Wildman–Crippen LogP) is 2.66. The van der Waals surface area contributed by atoms with Gasteiger partial charge in [-0.15, -0.1) is 5.10 Å². The monoisotopic (exact) mass is 477 g/mol. The average molecular weight is 478 g/mol. The van der Waals surface area contributed by atoms with Crippen LogP contribution in [0.25, 0.3) is 11.1 Å². The molecule has 0 bridgehead atoms. The average Bonchev–Trinajstić information content (AvgIpc) is 3.44. The number of rotatable bonds is 9. The van der Waals surface area contributed by atoms with E-state index < -0.39 is 18.1 Å². The molecule has 2 amide bonds. The molecule has 4 rings (SSSR count). The highest BCUT2D eigenvalue weighted by atomic mass is 16.5. The highest BCUT2D eigenvalue weighted by Gasteiger charge is 2.30. The molecular weight excluding hydrogens is 450 g/mol. The van der Waals surface area contributed by atoms with E-state index in [1.54, 1.807) is 0 Å². The zero-order valence-corrected chi connectivity index (χ0v) is 19.5. The molecule has 0 aliphatic heterocycles. The summed E-state index contributed by atoms with van der Waals surface area (Å²) in [7, 11) is 0. The second-order valence-electron chi connectivity index (χ2n) is 8.65. The van der Waals surface area contributed by atoms with Crippen molar-refractivity contribution in [1.82, 2.24) is 25.6 Å². The quantitative estimate of drug-likeness (QED) is 0.431. The Morgan fingerprint density at radius 3 is 2.26 bits per heavy atom. The summed E-state index contributed by atoms with van der Waals surface area (Å²) >= 11 is 0. The number of carbonyl (C=O) groups excluding carboxylic acids is 2. The van der Waals surface area contributed by atoms with Crippen LogP contribution in [0.5, 0.6) is 0 Å². The summed E-state index contributed by atoms with van der Waals surface area (Å²) in [5.74, 6) is -1.79. The summed E-state index contributed by atoms with van der Waals surface area (Å²) in [5.41, 5.74) is 4.32. The molecule has 0 fully saturated rings. The molecule has 182 valence electrons. The van der Waals surface area contributed by atoms with Gasteiger partial charge in [0.2, 0.25) is 5.91 Å². The molecule has 10 nitrogen and oxygen atoms in total. The molecular formula is C25H27N5O5. The number of fused-ring (bicyclic) bond motifs is 3. The fourth-order valence-corrected chi connectivity index (χ4v) is 4.21. The molecule has 1 aliphatic rings. The molecule has 10 heteroatoms. The summed E-state index contributed by atoms with van der Waals surface area (Å²) in [4.78, 5) is 36.2. The first kappa shape index (κ1) is 23.9. The van der Waals surface area contributed by atoms with Gasteiger partial charge < -0.3 is 20.5 Å². The van der Waals surface area contributed by atoms with Crippen molar-refractivity contribution in [2.24, 2.45) is 5.92 Å². The standard InChI is InChI=1S/C25H27N5O5/c1-15(2)22(23(31)26-11-12-30-13-21(24(32)33)28-29-30)27-25(34)35-14-20-18-9-5-3-7-16(18)17-8-4-6-10-19(17)20/h3-10,13,15,20,22H,11-12,14H2,1-2H3,(H,26,31)(H,27,34)(H,32,33). The van der Waals surface area contributed by atoms with Crippen LogP contribution in [0.2, 0.25) is 0 Å². The lowest BCUT2D eigenvalue weighted by molar-refractivity contribution is -0.124. The van der Waals surface area contributed by atoms with Gasteiger partial charge >= 0.3 is 12.1 Å². The number of nitrogens with one attached hydrogen (secondary N) is 2. The molecule has 0 saturated heterocycles. The number of benzene rings is 2. The van der Waals surface area contributed by atoms with Crippen LogP contribution in [-0.4, -0.2) is 57.3 Å². The van der Waals surface area contributed by atoms with Crippen molar-refractivity contribution < 1.29 is 24.2 Å². The fraction of sp³-hybridized carbons (Fsp3) is 0.320. The topological polar surface area (TPSA) is 135 Å². The Bertz CT molecular complexity index is 1190. The van der Waals surface area contributed by atoms with E-state index in [9.17, 15) is 14.4 Å². The summed E-state index contributed by atoms with van der Waals surface area (Å²) in [6.45, 7) is 4.23. The number of hydrogen-bond donors (Lipinski definition) is 3. The molecule has 0 saturated carbocycles. The number of hydrogen-bond acceptors (Lipinski definition) is 6. The Morgan fingerprint density at radius 2 is 1.69 bits per heavy atom. The minimum Gasteiger partial charge on any atom is -0.476 e. The van der Waals surface area contributed by atoms with Crippen LogP contribution < -0.4 is 10.6 Å². The number of alkyl carbamates (subject to hydrolysis) is 1.